The Hall–Kier alpha value is -2.54. The zero-order valence-corrected chi connectivity index (χ0v) is 11.0. The van der Waals surface area contributed by atoms with Crippen molar-refractivity contribution in [3.63, 3.8) is 0 Å². The lowest BCUT2D eigenvalue weighted by Gasteiger charge is -2.03. The molecule has 100 valence electrons. The number of pyridine rings is 1. The van der Waals surface area contributed by atoms with E-state index in [1.807, 2.05) is 24.3 Å². The maximum absolute atomic E-state index is 10.9. The number of hydrogen-bond acceptors (Lipinski definition) is 5. The number of fused-ring (bicyclic) bond motifs is 1. The molecule has 3 rings (SSSR count). The molecule has 1 aromatic carbocycles. The van der Waals surface area contributed by atoms with Gasteiger partial charge in [-0.2, -0.15) is 0 Å². The highest BCUT2D eigenvalue weighted by Gasteiger charge is 2.12. The molecule has 0 spiro atoms. The quantitative estimate of drug-likeness (QED) is 0.682. The number of nitrogen functional groups attached to an aromatic ring is 1. The summed E-state index contributed by atoms with van der Waals surface area (Å²) in [4.78, 5) is 22.5. The number of benzene rings is 1. The molecule has 3 aromatic rings. The highest BCUT2D eigenvalue weighted by atomic mass is 32.2. The Morgan fingerprint density at radius 3 is 2.75 bits per heavy atom. The van der Waals surface area contributed by atoms with Crippen LogP contribution in [0.15, 0.2) is 46.6 Å². The number of nitrogens with zero attached hydrogens (tertiary/aromatic N) is 2. The van der Waals surface area contributed by atoms with Crippen LogP contribution in [0.5, 0.6) is 0 Å². The third-order valence-electron chi connectivity index (χ3n) is 2.67. The van der Waals surface area contributed by atoms with E-state index in [2.05, 4.69) is 15.0 Å². The number of nitrogens with two attached hydrogens (primary N) is 1. The van der Waals surface area contributed by atoms with E-state index in [4.69, 9.17) is 10.8 Å². The highest BCUT2D eigenvalue weighted by molar-refractivity contribution is 7.99. The number of anilines is 1. The fourth-order valence-electron chi connectivity index (χ4n) is 1.72. The molecule has 0 amide bonds. The highest BCUT2D eigenvalue weighted by Crippen LogP contribution is 2.29. The van der Waals surface area contributed by atoms with Crippen molar-refractivity contribution in [2.45, 2.75) is 10.2 Å². The summed E-state index contributed by atoms with van der Waals surface area (Å²) < 4.78 is 0. The molecule has 0 aliphatic heterocycles. The molecule has 4 N–H and O–H groups in total. The summed E-state index contributed by atoms with van der Waals surface area (Å²) in [6.07, 6.45) is 0. The first-order valence-electron chi connectivity index (χ1n) is 5.76. The van der Waals surface area contributed by atoms with Gasteiger partial charge in [-0.3, -0.25) is 0 Å². The monoisotopic (exact) mass is 286 g/mol. The van der Waals surface area contributed by atoms with Crippen molar-refractivity contribution in [2.75, 3.05) is 5.73 Å². The minimum Gasteiger partial charge on any atom is -0.477 e. The molecule has 7 heteroatoms. The number of carboxylic acid groups (broad SMARTS) is 1. The number of carboxylic acids is 1. The van der Waals surface area contributed by atoms with Gasteiger partial charge in [0.1, 0.15) is 10.7 Å². The number of H-pyrrole nitrogens is 1. The summed E-state index contributed by atoms with van der Waals surface area (Å²) in [6, 6.07) is 10.5. The van der Waals surface area contributed by atoms with Gasteiger partial charge in [0.25, 0.3) is 0 Å². The maximum Gasteiger partial charge on any atom is 0.354 e. The van der Waals surface area contributed by atoms with E-state index in [9.17, 15) is 4.79 Å². The average molecular weight is 286 g/mol. The number of nitrogens with one attached hydrogen (secondary N) is 1. The number of imidazole rings is 1. The summed E-state index contributed by atoms with van der Waals surface area (Å²) in [5, 5.41) is 9.98. The lowest BCUT2D eigenvalue weighted by atomic mass is 10.3. The van der Waals surface area contributed by atoms with Crippen LogP contribution >= 0.6 is 11.8 Å². The van der Waals surface area contributed by atoms with E-state index in [0.717, 1.165) is 11.0 Å². The summed E-state index contributed by atoms with van der Waals surface area (Å²) in [7, 11) is 0. The van der Waals surface area contributed by atoms with E-state index < -0.39 is 5.97 Å². The van der Waals surface area contributed by atoms with Crippen molar-refractivity contribution < 1.29 is 9.90 Å². The molecule has 0 radical (unpaired) electrons. The lowest BCUT2D eigenvalue weighted by molar-refractivity contribution is 0.0690. The predicted molar refractivity (Wildman–Crippen MR) is 75.8 cm³/mol. The Bertz CT molecular complexity index is 767. The van der Waals surface area contributed by atoms with Crippen LogP contribution < -0.4 is 5.73 Å². The van der Waals surface area contributed by atoms with Gasteiger partial charge in [0.05, 0.1) is 16.7 Å². The Balaban J connectivity index is 1.97. The Morgan fingerprint density at radius 2 is 2.00 bits per heavy atom. The second-order valence-electron chi connectivity index (χ2n) is 4.06. The Morgan fingerprint density at radius 1 is 1.20 bits per heavy atom. The third kappa shape index (κ3) is 2.30. The van der Waals surface area contributed by atoms with Crippen molar-refractivity contribution in [2.24, 2.45) is 0 Å². The van der Waals surface area contributed by atoms with Crippen LogP contribution in [-0.4, -0.2) is 26.0 Å². The molecule has 2 aromatic heterocycles. The number of para-hydroxylation sites is 2. The number of rotatable bonds is 3. The minimum absolute atomic E-state index is 0.0437. The molecular weight excluding hydrogens is 276 g/mol. The van der Waals surface area contributed by atoms with Gasteiger partial charge in [-0.1, -0.05) is 12.1 Å². The molecule has 6 nitrogen and oxygen atoms in total. The number of aromatic carboxylic acids is 1. The standard InChI is InChI=1S/C13H10N4O2S/c14-7-5-6-10(12(18)19)15-11(7)20-13-16-8-3-1-2-4-9(8)17-13/h1-6H,14H2,(H,16,17)(H,18,19). The van der Waals surface area contributed by atoms with Crippen LogP contribution in [0.1, 0.15) is 10.5 Å². The zero-order chi connectivity index (χ0) is 14.1. The number of hydrogen-bond donors (Lipinski definition) is 3. The molecule has 0 unspecified atom stereocenters. The third-order valence-corrected chi connectivity index (χ3v) is 3.58. The number of carbonyl (C=O) groups is 1. The smallest absolute Gasteiger partial charge is 0.354 e. The van der Waals surface area contributed by atoms with E-state index >= 15 is 0 Å². The molecule has 0 saturated carbocycles. The first-order chi connectivity index (χ1) is 9.63. The van der Waals surface area contributed by atoms with E-state index in [0.29, 0.717) is 15.9 Å². The summed E-state index contributed by atoms with van der Waals surface area (Å²) in [5.74, 6) is -1.09. The van der Waals surface area contributed by atoms with Crippen molar-refractivity contribution in [1.29, 1.82) is 0 Å². The van der Waals surface area contributed by atoms with Crippen LogP contribution in [0.4, 0.5) is 5.69 Å². The summed E-state index contributed by atoms with van der Waals surface area (Å²) in [5.41, 5.74) is 7.93. The fraction of sp³-hybridized carbons (Fsp3) is 0. The molecule has 0 atom stereocenters. The molecule has 0 saturated heterocycles. The van der Waals surface area contributed by atoms with Gasteiger partial charge in [-0.25, -0.2) is 14.8 Å². The average Bonchev–Trinajstić information content (AvgIpc) is 2.83. The van der Waals surface area contributed by atoms with Crippen LogP contribution in [0, 0.1) is 0 Å². The lowest BCUT2D eigenvalue weighted by Crippen LogP contribution is -2.02. The van der Waals surface area contributed by atoms with Gasteiger partial charge < -0.3 is 15.8 Å². The number of aromatic amines is 1. The topological polar surface area (TPSA) is 105 Å². The van der Waals surface area contributed by atoms with Gasteiger partial charge >= 0.3 is 5.97 Å². The molecule has 2 heterocycles. The van der Waals surface area contributed by atoms with E-state index in [-0.39, 0.29) is 5.69 Å². The van der Waals surface area contributed by atoms with E-state index in [1.165, 1.54) is 23.9 Å². The summed E-state index contributed by atoms with van der Waals surface area (Å²) in [6.45, 7) is 0. The molecule has 0 aliphatic rings. The van der Waals surface area contributed by atoms with Crippen LogP contribution in [0.2, 0.25) is 0 Å². The SMILES string of the molecule is Nc1ccc(C(=O)O)nc1Sc1nc2ccccc2[nH]1. The molecule has 0 bridgehead atoms. The molecule has 0 aliphatic carbocycles. The molecule has 20 heavy (non-hydrogen) atoms. The predicted octanol–water partition coefficient (Wildman–Crippen LogP) is 2.39. The largest absolute Gasteiger partial charge is 0.477 e. The Kier molecular flexibility index (Phi) is 3.03. The minimum atomic E-state index is -1.09. The fourth-order valence-corrected chi connectivity index (χ4v) is 2.54. The second kappa shape index (κ2) is 4.86. The van der Waals surface area contributed by atoms with Gasteiger partial charge in [-0.15, -0.1) is 0 Å². The van der Waals surface area contributed by atoms with Crippen molar-refractivity contribution in [3.8, 4) is 0 Å². The van der Waals surface area contributed by atoms with Crippen molar-refractivity contribution in [3.05, 3.63) is 42.1 Å². The van der Waals surface area contributed by atoms with Crippen LogP contribution in [0.25, 0.3) is 11.0 Å². The van der Waals surface area contributed by atoms with Crippen molar-refractivity contribution in [1.82, 2.24) is 15.0 Å². The number of aromatic nitrogens is 3. The second-order valence-corrected chi connectivity index (χ2v) is 5.03. The van der Waals surface area contributed by atoms with Crippen molar-refractivity contribution >= 4 is 34.5 Å². The van der Waals surface area contributed by atoms with Gasteiger partial charge in [0, 0.05) is 0 Å². The van der Waals surface area contributed by atoms with Gasteiger partial charge in [0.15, 0.2) is 5.16 Å². The van der Waals surface area contributed by atoms with Gasteiger partial charge in [-0.05, 0) is 36.0 Å². The molecular formula is C13H10N4O2S. The first-order valence-corrected chi connectivity index (χ1v) is 6.57. The van der Waals surface area contributed by atoms with Crippen LogP contribution in [0.3, 0.4) is 0 Å². The zero-order valence-electron chi connectivity index (χ0n) is 10.2. The molecule has 0 fully saturated rings. The van der Waals surface area contributed by atoms with Gasteiger partial charge in [0.2, 0.25) is 0 Å². The summed E-state index contributed by atoms with van der Waals surface area (Å²) >= 11 is 1.21. The van der Waals surface area contributed by atoms with E-state index in [1.54, 1.807) is 0 Å². The maximum atomic E-state index is 10.9. The van der Waals surface area contributed by atoms with Crippen LogP contribution in [-0.2, 0) is 0 Å². The Labute approximate surface area is 118 Å². The first kappa shape index (κ1) is 12.5. The normalized spacial score (nSPS) is 10.8.